The number of nitrogens with zero attached hydrogens (tertiary/aromatic N) is 4. The summed E-state index contributed by atoms with van der Waals surface area (Å²) in [6.07, 6.45) is 0. The number of hydrogen-bond donors (Lipinski definition) is 0. The molecule has 1 saturated heterocycles. The van der Waals surface area contributed by atoms with Crippen molar-refractivity contribution in [3.8, 4) is 17.0 Å². The zero-order chi connectivity index (χ0) is 21.1. The van der Waals surface area contributed by atoms with E-state index in [0.29, 0.717) is 37.0 Å². The molecule has 30 heavy (non-hydrogen) atoms. The number of aromatic nitrogens is 2. The van der Waals surface area contributed by atoms with Crippen LogP contribution < -0.4 is 9.64 Å². The molecule has 0 unspecified atom stereocenters. The van der Waals surface area contributed by atoms with Crippen LogP contribution in [0, 0.1) is 6.92 Å². The minimum atomic E-state index is -3.42. The van der Waals surface area contributed by atoms with E-state index >= 15 is 0 Å². The van der Waals surface area contributed by atoms with Crippen molar-refractivity contribution < 1.29 is 13.2 Å². The van der Waals surface area contributed by atoms with Crippen LogP contribution in [0.4, 0.5) is 5.82 Å². The number of sulfonamides is 1. The van der Waals surface area contributed by atoms with Crippen LogP contribution in [-0.4, -0.2) is 55.7 Å². The number of rotatable bonds is 6. The normalized spacial score (nSPS) is 15.3. The molecular formula is C21H24N4O3S2. The SMILES string of the molecule is CCOc1ccc(-c2ccc(N3CCN(S(=O)(=O)c4ccc(C)s4)CC3)nn2)cc1. The van der Waals surface area contributed by atoms with Crippen LogP contribution in [0.5, 0.6) is 5.75 Å². The first-order valence-electron chi connectivity index (χ1n) is 9.86. The number of anilines is 1. The molecule has 3 heterocycles. The molecule has 7 nitrogen and oxygen atoms in total. The summed E-state index contributed by atoms with van der Waals surface area (Å²) >= 11 is 1.32. The Bertz CT molecular complexity index is 1090. The van der Waals surface area contributed by atoms with E-state index in [1.165, 1.54) is 11.3 Å². The molecule has 1 aliphatic heterocycles. The smallest absolute Gasteiger partial charge is 0.252 e. The molecule has 0 radical (unpaired) electrons. The summed E-state index contributed by atoms with van der Waals surface area (Å²) in [5, 5.41) is 8.72. The van der Waals surface area contributed by atoms with E-state index < -0.39 is 10.0 Å². The van der Waals surface area contributed by atoms with Crippen molar-refractivity contribution in [1.29, 1.82) is 0 Å². The molecule has 0 N–H and O–H groups in total. The molecule has 0 saturated carbocycles. The summed E-state index contributed by atoms with van der Waals surface area (Å²) in [6, 6.07) is 15.2. The van der Waals surface area contributed by atoms with E-state index in [1.54, 1.807) is 10.4 Å². The van der Waals surface area contributed by atoms with E-state index in [2.05, 4.69) is 15.1 Å². The quantitative estimate of drug-likeness (QED) is 0.580. The van der Waals surface area contributed by atoms with Gasteiger partial charge in [0.15, 0.2) is 5.82 Å². The molecule has 1 fully saturated rings. The van der Waals surface area contributed by atoms with Crippen molar-refractivity contribution in [3.63, 3.8) is 0 Å². The molecule has 0 aliphatic carbocycles. The number of aryl methyl sites for hydroxylation is 1. The van der Waals surface area contributed by atoms with Gasteiger partial charge in [0.25, 0.3) is 10.0 Å². The predicted molar refractivity (Wildman–Crippen MR) is 119 cm³/mol. The largest absolute Gasteiger partial charge is 0.494 e. The standard InChI is InChI=1S/C21H24N4O3S2/c1-3-28-18-7-5-17(6-8-18)19-9-10-20(23-22-19)24-12-14-25(15-13-24)30(26,27)21-11-4-16(2)29-21/h4-11H,3,12-15H2,1-2H3. The summed E-state index contributed by atoms with van der Waals surface area (Å²) in [7, 11) is -3.42. The number of hydrogen-bond acceptors (Lipinski definition) is 7. The van der Waals surface area contributed by atoms with Crippen molar-refractivity contribution in [2.24, 2.45) is 0 Å². The molecular weight excluding hydrogens is 420 g/mol. The lowest BCUT2D eigenvalue weighted by Gasteiger charge is -2.34. The van der Waals surface area contributed by atoms with Crippen LogP contribution in [0.3, 0.4) is 0 Å². The minimum Gasteiger partial charge on any atom is -0.494 e. The molecule has 0 spiro atoms. The fraction of sp³-hybridized carbons (Fsp3) is 0.333. The lowest BCUT2D eigenvalue weighted by Crippen LogP contribution is -2.48. The highest BCUT2D eigenvalue weighted by atomic mass is 32.2. The third-order valence-corrected chi connectivity index (χ3v) is 8.35. The summed E-state index contributed by atoms with van der Waals surface area (Å²) in [5.74, 6) is 1.59. The molecule has 1 aliphatic rings. The predicted octanol–water partition coefficient (Wildman–Crippen LogP) is 3.42. The van der Waals surface area contributed by atoms with Gasteiger partial charge in [0.1, 0.15) is 9.96 Å². The summed E-state index contributed by atoms with van der Waals surface area (Å²) in [5.41, 5.74) is 1.76. The fourth-order valence-electron chi connectivity index (χ4n) is 3.37. The second-order valence-electron chi connectivity index (χ2n) is 6.99. The molecule has 0 bridgehead atoms. The maximum absolute atomic E-state index is 12.8. The van der Waals surface area contributed by atoms with Gasteiger partial charge in [-0.3, -0.25) is 0 Å². The van der Waals surface area contributed by atoms with Crippen LogP contribution in [0.15, 0.2) is 52.7 Å². The molecule has 0 amide bonds. The van der Waals surface area contributed by atoms with Crippen molar-refractivity contribution in [3.05, 3.63) is 53.4 Å². The Morgan fingerprint density at radius 3 is 2.27 bits per heavy atom. The lowest BCUT2D eigenvalue weighted by molar-refractivity contribution is 0.340. The third-order valence-electron chi connectivity index (χ3n) is 4.98. The second kappa shape index (κ2) is 8.71. The van der Waals surface area contributed by atoms with Crippen molar-refractivity contribution in [1.82, 2.24) is 14.5 Å². The zero-order valence-electron chi connectivity index (χ0n) is 17.0. The highest BCUT2D eigenvalue weighted by molar-refractivity contribution is 7.91. The molecule has 2 aromatic heterocycles. The first-order chi connectivity index (χ1) is 14.5. The summed E-state index contributed by atoms with van der Waals surface area (Å²) in [6.45, 7) is 6.54. The van der Waals surface area contributed by atoms with Gasteiger partial charge in [0, 0.05) is 36.6 Å². The van der Waals surface area contributed by atoms with E-state index in [4.69, 9.17) is 4.74 Å². The zero-order valence-corrected chi connectivity index (χ0v) is 18.6. The minimum absolute atomic E-state index is 0.410. The summed E-state index contributed by atoms with van der Waals surface area (Å²) < 4.78 is 33.0. The highest BCUT2D eigenvalue weighted by Gasteiger charge is 2.30. The van der Waals surface area contributed by atoms with E-state index in [1.807, 2.05) is 56.3 Å². The monoisotopic (exact) mass is 444 g/mol. The van der Waals surface area contributed by atoms with Gasteiger partial charge < -0.3 is 9.64 Å². The lowest BCUT2D eigenvalue weighted by atomic mass is 10.1. The number of thiophene rings is 1. The Morgan fingerprint density at radius 2 is 1.70 bits per heavy atom. The molecule has 9 heteroatoms. The first kappa shape index (κ1) is 20.8. The van der Waals surface area contributed by atoms with E-state index in [-0.39, 0.29) is 0 Å². The maximum Gasteiger partial charge on any atom is 0.252 e. The number of benzene rings is 1. The van der Waals surface area contributed by atoms with Crippen molar-refractivity contribution in [2.75, 3.05) is 37.7 Å². The van der Waals surface area contributed by atoms with Gasteiger partial charge in [-0.1, -0.05) is 0 Å². The van der Waals surface area contributed by atoms with Crippen LogP contribution in [0.25, 0.3) is 11.3 Å². The van der Waals surface area contributed by atoms with Crippen LogP contribution >= 0.6 is 11.3 Å². The van der Waals surface area contributed by atoms with Crippen LogP contribution in [-0.2, 0) is 10.0 Å². The Kier molecular flexibility index (Phi) is 6.03. The maximum atomic E-state index is 12.8. The van der Waals surface area contributed by atoms with Crippen molar-refractivity contribution >= 4 is 27.2 Å². The molecule has 4 rings (SSSR count). The van der Waals surface area contributed by atoms with Gasteiger partial charge in [-0.2, -0.15) is 4.31 Å². The number of piperazine rings is 1. The average molecular weight is 445 g/mol. The summed E-state index contributed by atoms with van der Waals surface area (Å²) in [4.78, 5) is 3.07. The second-order valence-corrected chi connectivity index (χ2v) is 10.4. The Hall–Kier alpha value is -2.49. The molecule has 0 atom stereocenters. The van der Waals surface area contributed by atoms with Gasteiger partial charge in [-0.25, -0.2) is 8.42 Å². The molecule has 158 valence electrons. The van der Waals surface area contributed by atoms with Gasteiger partial charge in [-0.05, 0) is 62.4 Å². The average Bonchev–Trinajstić information content (AvgIpc) is 3.22. The molecule has 1 aromatic carbocycles. The van der Waals surface area contributed by atoms with E-state index in [9.17, 15) is 8.42 Å². The van der Waals surface area contributed by atoms with Crippen molar-refractivity contribution in [2.45, 2.75) is 18.1 Å². The van der Waals surface area contributed by atoms with Gasteiger partial charge in [0.05, 0.1) is 12.3 Å². The Labute approximate surface area is 181 Å². The number of ether oxygens (including phenoxy) is 1. The Morgan fingerprint density at radius 1 is 0.967 bits per heavy atom. The van der Waals surface area contributed by atoms with Gasteiger partial charge >= 0.3 is 0 Å². The Balaban J connectivity index is 1.40. The molecule has 3 aromatic rings. The van der Waals surface area contributed by atoms with E-state index in [0.717, 1.165) is 27.7 Å². The topological polar surface area (TPSA) is 75.6 Å². The van der Waals surface area contributed by atoms with Gasteiger partial charge in [0.2, 0.25) is 0 Å². The third kappa shape index (κ3) is 4.33. The van der Waals surface area contributed by atoms with Gasteiger partial charge in [-0.15, -0.1) is 21.5 Å². The fourth-order valence-corrected chi connectivity index (χ4v) is 6.23. The van der Waals surface area contributed by atoms with Crippen LogP contribution in [0.1, 0.15) is 11.8 Å². The first-order valence-corrected chi connectivity index (χ1v) is 12.1. The van der Waals surface area contributed by atoms with Crippen LogP contribution in [0.2, 0.25) is 0 Å². The highest BCUT2D eigenvalue weighted by Crippen LogP contribution is 2.26.